The van der Waals surface area contributed by atoms with Gasteiger partial charge in [0.2, 0.25) is 11.8 Å². The molecular weight excluding hydrogens is 380 g/mol. The summed E-state index contributed by atoms with van der Waals surface area (Å²) in [5.41, 5.74) is 2.30. The minimum absolute atomic E-state index is 0.0279. The summed E-state index contributed by atoms with van der Waals surface area (Å²) in [6.45, 7) is 4.93. The third-order valence-electron chi connectivity index (χ3n) is 4.87. The highest BCUT2D eigenvalue weighted by atomic mass is 35.5. The lowest BCUT2D eigenvalue weighted by Gasteiger charge is -2.37. The van der Waals surface area contributed by atoms with E-state index < -0.39 is 5.38 Å². The van der Waals surface area contributed by atoms with Gasteiger partial charge in [0.25, 0.3) is 0 Å². The van der Waals surface area contributed by atoms with E-state index in [1.807, 2.05) is 30.0 Å². The number of alkyl halides is 1. The van der Waals surface area contributed by atoms with Crippen LogP contribution < -0.4 is 0 Å². The van der Waals surface area contributed by atoms with Crippen LogP contribution in [0, 0.1) is 0 Å². The van der Waals surface area contributed by atoms with Crippen molar-refractivity contribution < 1.29 is 9.59 Å². The normalized spacial score (nSPS) is 17.3. The quantitative estimate of drug-likeness (QED) is 0.680. The number of nitrogens with zero attached hydrogens (tertiary/aromatic N) is 2. The molecule has 2 amide bonds. The maximum absolute atomic E-state index is 13.2. The van der Waals surface area contributed by atoms with Crippen LogP contribution in [0.3, 0.4) is 0 Å². The summed E-state index contributed by atoms with van der Waals surface area (Å²) in [6, 6.07) is 12.1. The molecule has 3 rings (SSSR count). The second-order valence-electron chi connectivity index (χ2n) is 6.83. The zero-order valence-electron chi connectivity index (χ0n) is 15.7. The Labute approximate surface area is 169 Å². The predicted octanol–water partition coefficient (Wildman–Crippen LogP) is 4.09. The fourth-order valence-corrected chi connectivity index (χ4v) is 4.66. The van der Waals surface area contributed by atoms with E-state index in [0.717, 1.165) is 18.4 Å². The minimum Gasteiger partial charge on any atom is -0.332 e. The van der Waals surface area contributed by atoms with Crippen LogP contribution in [0.5, 0.6) is 0 Å². The molecule has 1 aliphatic rings. The van der Waals surface area contributed by atoms with E-state index in [-0.39, 0.29) is 24.4 Å². The highest BCUT2D eigenvalue weighted by molar-refractivity contribution is 7.10. The molecule has 27 heavy (non-hydrogen) atoms. The second kappa shape index (κ2) is 8.89. The Bertz CT molecular complexity index is 790. The standard InChI is InChI=1S/C21H25ClN2O2S/c1-3-11-23(21(26)15(2)22)14-19(25)24-12-9-18-17(10-13-27-18)20(24)16-7-5-4-6-8-16/h4-8,10,13,15,20H,3,9,11-12,14H2,1-2H3/t15-,20-/m1/s1. The van der Waals surface area contributed by atoms with Crippen molar-refractivity contribution in [3.05, 3.63) is 57.8 Å². The molecule has 0 saturated carbocycles. The van der Waals surface area contributed by atoms with E-state index >= 15 is 0 Å². The Morgan fingerprint density at radius 2 is 2.04 bits per heavy atom. The minimum atomic E-state index is -0.626. The van der Waals surface area contributed by atoms with Gasteiger partial charge < -0.3 is 9.80 Å². The van der Waals surface area contributed by atoms with Crippen LogP contribution in [0.1, 0.15) is 42.3 Å². The molecule has 2 atom stereocenters. The molecule has 0 unspecified atom stereocenters. The van der Waals surface area contributed by atoms with Crippen LogP contribution >= 0.6 is 22.9 Å². The Morgan fingerprint density at radius 1 is 1.30 bits per heavy atom. The first kappa shape index (κ1) is 19.9. The highest BCUT2D eigenvalue weighted by Crippen LogP contribution is 2.37. The maximum Gasteiger partial charge on any atom is 0.242 e. The van der Waals surface area contributed by atoms with Gasteiger partial charge in [-0.1, -0.05) is 37.3 Å². The summed E-state index contributed by atoms with van der Waals surface area (Å²) in [5.74, 6) is -0.212. The highest BCUT2D eigenvalue weighted by Gasteiger charge is 2.34. The lowest BCUT2D eigenvalue weighted by molar-refractivity contribution is -0.141. The summed E-state index contributed by atoms with van der Waals surface area (Å²) in [6.07, 6.45) is 1.65. The first-order valence-corrected chi connectivity index (χ1v) is 10.7. The molecule has 144 valence electrons. The number of thiophene rings is 1. The van der Waals surface area contributed by atoms with Crippen LogP contribution in [0.4, 0.5) is 0 Å². The topological polar surface area (TPSA) is 40.6 Å². The van der Waals surface area contributed by atoms with Gasteiger partial charge >= 0.3 is 0 Å². The van der Waals surface area contributed by atoms with E-state index in [0.29, 0.717) is 13.1 Å². The number of benzene rings is 1. The van der Waals surface area contributed by atoms with Gasteiger partial charge in [0.15, 0.2) is 0 Å². The monoisotopic (exact) mass is 404 g/mol. The van der Waals surface area contributed by atoms with Gasteiger partial charge in [-0.25, -0.2) is 0 Å². The summed E-state index contributed by atoms with van der Waals surface area (Å²) >= 11 is 7.74. The number of amides is 2. The first-order chi connectivity index (χ1) is 13.0. The molecule has 2 aromatic rings. The molecular formula is C21H25ClN2O2S. The van der Waals surface area contributed by atoms with Crippen molar-refractivity contribution in [3.63, 3.8) is 0 Å². The molecule has 1 aromatic heterocycles. The Balaban J connectivity index is 1.87. The van der Waals surface area contributed by atoms with Crippen molar-refractivity contribution in [1.82, 2.24) is 9.80 Å². The van der Waals surface area contributed by atoms with Crippen LogP contribution in [-0.4, -0.2) is 46.6 Å². The van der Waals surface area contributed by atoms with E-state index in [1.54, 1.807) is 23.2 Å². The van der Waals surface area contributed by atoms with Crippen molar-refractivity contribution in [1.29, 1.82) is 0 Å². The lowest BCUT2D eigenvalue weighted by Crippen LogP contribution is -2.48. The molecule has 4 nitrogen and oxygen atoms in total. The van der Waals surface area contributed by atoms with Crippen molar-refractivity contribution in [2.75, 3.05) is 19.6 Å². The molecule has 1 aromatic carbocycles. The largest absolute Gasteiger partial charge is 0.332 e. The van der Waals surface area contributed by atoms with Crippen molar-refractivity contribution in [3.8, 4) is 0 Å². The van der Waals surface area contributed by atoms with Gasteiger partial charge in [-0.2, -0.15) is 0 Å². The van der Waals surface area contributed by atoms with Crippen molar-refractivity contribution in [2.24, 2.45) is 0 Å². The van der Waals surface area contributed by atoms with Gasteiger partial charge in [-0.15, -0.1) is 22.9 Å². The smallest absolute Gasteiger partial charge is 0.242 e. The van der Waals surface area contributed by atoms with Gasteiger partial charge in [-0.3, -0.25) is 9.59 Å². The third-order valence-corrected chi connectivity index (χ3v) is 6.06. The molecule has 0 spiro atoms. The SMILES string of the molecule is CCCN(CC(=O)N1CCc2sccc2[C@H]1c1ccccc1)C(=O)[C@@H](C)Cl. The molecule has 0 fully saturated rings. The average Bonchev–Trinajstić information content (AvgIpc) is 3.15. The zero-order chi connectivity index (χ0) is 19.4. The molecule has 6 heteroatoms. The van der Waals surface area contributed by atoms with Gasteiger partial charge in [-0.05, 0) is 42.3 Å². The average molecular weight is 405 g/mol. The predicted molar refractivity (Wildman–Crippen MR) is 110 cm³/mol. The van der Waals surface area contributed by atoms with Crippen LogP contribution in [0.15, 0.2) is 41.8 Å². The summed E-state index contributed by atoms with van der Waals surface area (Å²) in [4.78, 5) is 30.4. The molecule has 0 bridgehead atoms. The summed E-state index contributed by atoms with van der Waals surface area (Å²) in [7, 11) is 0. The molecule has 2 heterocycles. The van der Waals surface area contributed by atoms with E-state index in [2.05, 4.69) is 23.6 Å². The van der Waals surface area contributed by atoms with Gasteiger partial charge in [0.05, 0.1) is 12.6 Å². The van der Waals surface area contributed by atoms with Crippen LogP contribution in [-0.2, 0) is 16.0 Å². The van der Waals surface area contributed by atoms with Crippen molar-refractivity contribution >= 4 is 34.8 Å². The number of carbonyl (C=O) groups is 2. The van der Waals surface area contributed by atoms with E-state index in [1.165, 1.54) is 10.4 Å². The second-order valence-corrected chi connectivity index (χ2v) is 8.48. The van der Waals surface area contributed by atoms with E-state index in [9.17, 15) is 9.59 Å². The third kappa shape index (κ3) is 4.36. The van der Waals surface area contributed by atoms with Gasteiger partial charge in [0.1, 0.15) is 5.38 Å². The number of rotatable bonds is 6. The Hall–Kier alpha value is -1.85. The van der Waals surface area contributed by atoms with Crippen LogP contribution in [0.2, 0.25) is 0 Å². The first-order valence-electron chi connectivity index (χ1n) is 9.36. The molecule has 0 aliphatic carbocycles. The maximum atomic E-state index is 13.2. The molecule has 0 N–H and O–H groups in total. The van der Waals surface area contributed by atoms with Crippen LogP contribution in [0.25, 0.3) is 0 Å². The Morgan fingerprint density at radius 3 is 2.70 bits per heavy atom. The fraction of sp³-hybridized carbons (Fsp3) is 0.429. The van der Waals surface area contributed by atoms with Crippen molar-refractivity contribution in [2.45, 2.75) is 38.1 Å². The number of fused-ring (bicyclic) bond motifs is 1. The number of hydrogen-bond donors (Lipinski definition) is 0. The number of hydrogen-bond acceptors (Lipinski definition) is 3. The van der Waals surface area contributed by atoms with E-state index in [4.69, 9.17) is 11.6 Å². The number of carbonyl (C=O) groups excluding carboxylic acids is 2. The fourth-order valence-electron chi connectivity index (χ4n) is 3.62. The lowest BCUT2D eigenvalue weighted by atomic mass is 9.93. The summed E-state index contributed by atoms with van der Waals surface area (Å²) < 4.78 is 0. The molecule has 0 saturated heterocycles. The number of halogens is 1. The summed E-state index contributed by atoms with van der Waals surface area (Å²) in [5, 5.41) is 1.47. The zero-order valence-corrected chi connectivity index (χ0v) is 17.3. The van der Waals surface area contributed by atoms with Gasteiger partial charge in [0, 0.05) is 18.0 Å². The Kier molecular flexibility index (Phi) is 6.55. The molecule has 0 radical (unpaired) electrons. The molecule has 1 aliphatic heterocycles.